The van der Waals surface area contributed by atoms with Gasteiger partial charge in [-0.15, -0.1) is 0 Å². The van der Waals surface area contributed by atoms with E-state index in [1.54, 1.807) is 42.5 Å². The number of carbonyl (C=O) groups excluding carboxylic acids is 1. The number of hydrogen-bond donors (Lipinski definition) is 0. The first-order valence-electron chi connectivity index (χ1n) is 7.19. The van der Waals surface area contributed by atoms with Crippen LogP contribution in [0.5, 0.6) is 5.75 Å². The molecule has 0 atom stereocenters. The van der Waals surface area contributed by atoms with E-state index in [1.165, 1.54) is 7.11 Å². The van der Waals surface area contributed by atoms with Crippen molar-refractivity contribution in [2.45, 2.75) is 6.61 Å². The smallest absolute Gasteiger partial charge is 0.342 e. The van der Waals surface area contributed by atoms with Crippen molar-refractivity contribution >= 4 is 17.6 Å². The molecule has 5 nitrogen and oxygen atoms in total. The number of carbonyl (C=O) groups is 1. The predicted molar refractivity (Wildman–Crippen MR) is 89.1 cm³/mol. The number of methoxy groups -OCH3 is 1. The molecule has 0 fully saturated rings. The van der Waals surface area contributed by atoms with Gasteiger partial charge in [-0.05, 0) is 36.4 Å². The number of benzene rings is 2. The van der Waals surface area contributed by atoms with Crippen molar-refractivity contribution in [3.63, 3.8) is 0 Å². The van der Waals surface area contributed by atoms with Crippen LogP contribution in [0.15, 0.2) is 59.1 Å². The Bertz CT molecular complexity index is 842. The summed E-state index contributed by atoms with van der Waals surface area (Å²) in [4.78, 5) is 12.1. The maximum atomic E-state index is 12.1. The van der Waals surface area contributed by atoms with E-state index < -0.39 is 5.97 Å². The highest BCUT2D eigenvalue weighted by atomic mass is 35.5. The molecule has 0 spiro atoms. The highest BCUT2D eigenvalue weighted by Crippen LogP contribution is 2.23. The normalized spacial score (nSPS) is 10.4. The maximum Gasteiger partial charge on any atom is 0.342 e. The van der Waals surface area contributed by atoms with E-state index >= 15 is 0 Å². The average Bonchev–Trinajstić information content (AvgIpc) is 3.09. The summed E-state index contributed by atoms with van der Waals surface area (Å²) in [6, 6.07) is 15.8. The third kappa shape index (κ3) is 3.58. The van der Waals surface area contributed by atoms with Gasteiger partial charge in [0.2, 0.25) is 0 Å². The fourth-order valence-electron chi connectivity index (χ4n) is 2.16. The largest absolute Gasteiger partial charge is 0.496 e. The van der Waals surface area contributed by atoms with Crippen LogP contribution in [0.25, 0.3) is 11.3 Å². The van der Waals surface area contributed by atoms with Gasteiger partial charge in [-0.25, -0.2) is 4.79 Å². The SMILES string of the molecule is COc1ccccc1C(=O)OCc1cc(-c2ccc(Cl)cc2)on1. The van der Waals surface area contributed by atoms with E-state index in [-0.39, 0.29) is 6.61 Å². The van der Waals surface area contributed by atoms with Crippen molar-refractivity contribution in [2.24, 2.45) is 0 Å². The molecule has 0 N–H and O–H groups in total. The molecular formula is C18H14ClNO4. The number of para-hydroxylation sites is 1. The van der Waals surface area contributed by atoms with Crippen LogP contribution in [-0.4, -0.2) is 18.2 Å². The second kappa shape index (κ2) is 7.19. The third-order valence-corrected chi connectivity index (χ3v) is 3.62. The number of esters is 1. The Kier molecular flexibility index (Phi) is 4.82. The second-order valence-corrected chi connectivity index (χ2v) is 5.40. The van der Waals surface area contributed by atoms with Crippen LogP contribution < -0.4 is 4.74 Å². The van der Waals surface area contributed by atoms with Crippen LogP contribution in [0.4, 0.5) is 0 Å². The van der Waals surface area contributed by atoms with Crippen molar-refractivity contribution < 1.29 is 18.8 Å². The molecule has 2 aromatic carbocycles. The molecule has 3 aromatic rings. The van der Waals surface area contributed by atoms with Gasteiger partial charge in [0.25, 0.3) is 0 Å². The van der Waals surface area contributed by atoms with E-state index in [0.717, 1.165) is 5.56 Å². The minimum Gasteiger partial charge on any atom is -0.496 e. The molecule has 1 heterocycles. The zero-order chi connectivity index (χ0) is 16.9. The molecule has 0 saturated carbocycles. The highest BCUT2D eigenvalue weighted by molar-refractivity contribution is 6.30. The van der Waals surface area contributed by atoms with E-state index in [9.17, 15) is 4.79 Å². The third-order valence-electron chi connectivity index (χ3n) is 3.37. The van der Waals surface area contributed by atoms with Crippen molar-refractivity contribution in [3.8, 4) is 17.1 Å². The molecule has 0 radical (unpaired) electrons. The fraction of sp³-hybridized carbons (Fsp3) is 0.111. The monoisotopic (exact) mass is 343 g/mol. The molecule has 0 unspecified atom stereocenters. The molecule has 122 valence electrons. The van der Waals surface area contributed by atoms with Crippen LogP contribution in [0.2, 0.25) is 5.02 Å². The molecule has 3 rings (SSSR count). The fourth-order valence-corrected chi connectivity index (χ4v) is 2.29. The summed E-state index contributed by atoms with van der Waals surface area (Å²) in [7, 11) is 1.50. The van der Waals surface area contributed by atoms with Gasteiger partial charge in [0.1, 0.15) is 23.6 Å². The minimum atomic E-state index is -0.483. The van der Waals surface area contributed by atoms with Crippen molar-refractivity contribution in [1.82, 2.24) is 5.16 Å². The summed E-state index contributed by atoms with van der Waals surface area (Å²) in [5, 5.41) is 4.55. The average molecular weight is 344 g/mol. The van der Waals surface area contributed by atoms with Crippen molar-refractivity contribution in [1.29, 1.82) is 0 Å². The Morgan fingerprint density at radius 3 is 2.67 bits per heavy atom. The van der Waals surface area contributed by atoms with Gasteiger partial charge in [0.15, 0.2) is 5.76 Å². The van der Waals surface area contributed by atoms with Crippen LogP contribution >= 0.6 is 11.6 Å². The molecule has 6 heteroatoms. The minimum absolute atomic E-state index is 0.00791. The number of nitrogens with zero attached hydrogens (tertiary/aromatic N) is 1. The molecule has 1 aromatic heterocycles. The number of ether oxygens (including phenoxy) is 2. The molecule has 0 aliphatic rings. The lowest BCUT2D eigenvalue weighted by molar-refractivity contribution is 0.0460. The van der Waals surface area contributed by atoms with E-state index in [4.69, 9.17) is 25.6 Å². The molecule has 0 bridgehead atoms. The zero-order valence-electron chi connectivity index (χ0n) is 12.9. The van der Waals surface area contributed by atoms with E-state index in [2.05, 4.69) is 5.16 Å². The Morgan fingerprint density at radius 1 is 1.17 bits per heavy atom. The van der Waals surface area contributed by atoms with Gasteiger partial charge >= 0.3 is 5.97 Å². The number of rotatable bonds is 5. The van der Waals surface area contributed by atoms with Crippen LogP contribution in [-0.2, 0) is 11.3 Å². The predicted octanol–water partition coefficient (Wildman–Crippen LogP) is 4.36. The Morgan fingerprint density at radius 2 is 1.92 bits per heavy atom. The lowest BCUT2D eigenvalue weighted by atomic mass is 10.1. The molecule has 0 saturated heterocycles. The Balaban J connectivity index is 1.67. The lowest BCUT2D eigenvalue weighted by Gasteiger charge is -2.07. The van der Waals surface area contributed by atoms with Crippen molar-refractivity contribution in [3.05, 3.63) is 70.9 Å². The van der Waals surface area contributed by atoms with Gasteiger partial charge in [-0.3, -0.25) is 0 Å². The Labute approximate surface area is 143 Å². The number of halogens is 1. The van der Waals surface area contributed by atoms with Gasteiger partial charge in [0.05, 0.1) is 7.11 Å². The maximum absolute atomic E-state index is 12.1. The van der Waals surface area contributed by atoms with Crippen LogP contribution in [0.3, 0.4) is 0 Å². The molecule has 24 heavy (non-hydrogen) atoms. The van der Waals surface area contributed by atoms with Crippen LogP contribution in [0, 0.1) is 0 Å². The highest BCUT2D eigenvalue weighted by Gasteiger charge is 2.14. The first-order chi connectivity index (χ1) is 11.7. The summed E-state index contributed by atoms with van der Waals surface area (Å²) in [6.07, 6.45) is 0. The van der Waals surface area contributed by atoms with Gasteiger partial charge in [-0.1, -0.05) is 28.9 Å². The van der Waals surface area contributed by atoms with Gasteiger partial charge in [-0.2, -0.15) is 0 Å². The van der Waals surface area contributed by atoms with E-state index in [1.807, 2.05) is 12.1 Å². The first kappa shape index (κ1) is 16.1. The number of hydrogen-bond acceptors (Lipinski definition) is 5. The summed E-state index contributed by atoms with van der Waals surface area (Å²) >= 11 is 5.86. The van der Waals surface area contributed by atoms with Gasteiger partial charge < -0.3 is 14.0 Å². The molecular weight excluding hydrogens is 330 g/mol. The topological polar surface area (TPSA) is 61.6 Å². The van der Waals surface area contributed by atoms with Crippen LogP contribution in [0.1, 0.15) is 16.1 Å². The van der Waals surface area contributed by atoms with Crippen molar-refractivity contribution in [2.75, 3.05) is 7.11 Å². The molecule has 0 aliphatic carbocycles. The second-order valence-electron chi connectivity index (χ2n) is 4.97. The lowest BCUT2D eigenvalue weighted by Crippen LogP contribution is -2.07. The summed E-state index contributed by atoms with van der Waals surface area (Å²) in [5.41, 5.74) is 1.72. The summed E-state index contributed by atoms with van der Waals surface area (Å²) < 4.78 is 15.7. The molecule has 0 amide bonds. The summed E-state index contributed by atoms with van der Waals surface area (Å²) in [6.45, 7) is 0.00791. The molecule has 0 aliphatic heterocycles. The number of aromatic nitrogens is 1. The first-order valence-corrected chi connectivity index (χ1v) is 7.57. The Hall–Kier alpha value is -2.79. The van der Waals surface area contributed by atoms with E-state index in [0.29, 0.717) is 27.8 Å². The standard InChI is InChI=1S/C18H14ClNO4/c1-22-16-5-3-2-4-15(16)18(21)23-11-14-10-17(24-20-14)12-6-8-13(19)9-7-12/h2-10H,11H2,1H3. The summed E-state index contributed by atoms with van der Waals surface area (Å²) in [5.74, 6) is 0.558. The van der Waals surface area contributed by atoms with Gasteiger partial charge in [0, 0.05) is 16.7 Å². The quantitative estimate of drug-likeness (QED) is 0.644. The zero-order valence-corrected chi connectivity index (χ0v) is 13.6.